The Morgan fingerprint density at radius 1 is 1.21 bits per heavy atom. The second-order valence-corrected chi connectivity index (χ2v) is 5.17. The third-order valence-electron chi connectivity index (χ3n) is 3.39. The van der Waals surface area contributed by atoms with Gasteiger partial charge in [-0.1, -0.05) is 26.0 Å². The van der Waals surface area contributed by atoms with Crippen molar-refractivity contribution in [3.63, 3.8) is 0 Å². The molecule has 0 bridgehead atoms. The lowest BCUT2D eigenvalue weighted by atomic mass is 9.99. The third-order valence-corrected chi connectivity index (χ3v) is 3.39. The highest BCUT2D eigenvalue weighted by molar-refractivity contribution is 5.39. The zero-order chi connectivity index (χ0) is 14.4. The van der Waals surface area contributed by atoms with E-state index in [0.717, 1.165) is 11.3 Å². The van der Waals surface area contributed by atoms with Crippen molar-refractivity contribution in [1.29, 1.82) is 0 Å². The van der Waals surface area contributed by atoms with Gasteiger partial charge in [0.05, 0.1) is 26.4 Å². The van der Waals surface area contributed by atoms with Gasteiger partial charge >= 0.3 is 0 Å². The van der Waals surface area contributed by atoms with Gasteiger partial charge in [0, 0.05) is 6.54 Å². The lowest BCUT2D eigenvalue weighted by Gasteiger charge is -2.25. The number of aliphatic hydroxyl groups excluding tert-OH is 2. The van der Waals surface area contributed by atoms with Gasteiger partial charge in [-0.05, 0) is 30.2 Å². The maximum absolute atomic E-state index is 9.18. The molecule has 0 spiro atoms. The molecule has 0 amide bonds. The first-order chi connectivity index (χ1) is 9.03. The summed E-state index contributed by atoms with van der Waals surface area (Å²) in [5, 5.41) is 18.4. The fraction of sp³-hybridized carbons (Fsp3) is 0.600. The van der Waals surface area contributed by atoms with Gasteiger partial charge in [0.2, 0.25) is 0 Å². The minimum Gasteiger partial charge on any atom is -0.496 e. The van der Waals surface area contributed by atoms with Crippen LogP contribution in [0.4, 0.5) is 0 Å². The molecule has 0 saturated heterocycles. The number of nitrogens with zero attached hydrogens (tertiary/aromatic N) is 1. The maximum atomic E-state index is 9.18. The van der Waals surface area contributed by atoms with Crippen molar-refractivity contribution in [2.45, 2.75) is 32.4 Å². The van der Waals surface area contributed by atoms with Crippen LogP contribution in [0.15, 0.2) is 18.2 Å². The Kier molecular flexibility index (Phi) is 6.28. The molecule has 0 saturated carbocycles. The highest BCUT2D eigenvalue weighted by atomic mass is 16.5. The van der Waals surface area contributed by atoms with Crippen molar-refractivity contribution in [3.05, 3.63) is 29.3 Å². The summed E-state index contributed by atoms with van der Waals surface area (Å²) in [6, 6.07) is 5.91. The minimum absolute atomic E-state index is 0.0415. The number of hydrogen-bond acceptors (Lipinski definition) is 4. The van der Waals surface area contributed by atoms with Crippen molar-refractivity contribution in [3.8, 4) is 5.75 Å². The summed E-state index contributed by atoms with van der Waals surface area (Å²) in [6.45, 7) is 4.88. The normalized spacial score (nSPS) is 11.6. The van der Waals surface area contributed by atoms with Gasteiger partial charge in [-0.3, -0.25) is 4.90 Å². The molecule has 1 rings (SSSR count). The molecule has 0 atom stereocenters. The minimum atomic E-state index is -0.218. The van der Waals surface area contributed by atoms with E-state index < -0.39 is 0 Å². The molecule has 1 aromatic carbocycles. The molecule has 0 aliphatic rings. The average Bonchev–Trinajstić information content (AvgIpc) is 2.40. The monoisotopic (exact) mass is 267 g/mol. The molecule has 0 unspecified atom stereocenters. The van der Waals surface area contributed by atoms with Crippen molar-refractivity contribution in [2.75, 3.05) is 27.4 Å². The molecule has 108 valence electrons. The summed E-state index contributed by atoms with van der Waals surface area (Å²) < 4.78 is 5.36. The Bertz CT molecular complexity index is 389. The number of methoxy groups -OCH3 is 1. The van der Waals surface area contributed by atoms with Crippen LogP contribution in [0.2, 0.25) is 0 Å². The van der Waals surface area contributed by atoms with Gasteiger partial charge in [0.15, 0.2) is 0 Å². The molecular weight excluding hydrogens is 242 g/mol. The zero-order valence-corrected chi connectivity index (χ0v) is 12.3. The molecule has 0 aromatic heterocycles. The quantitative estimate of drug-likeness (QED) is 0.788. The van der Waals surface area contributed by atoms with Crippen LogP contribution >= 0.6 is 0 Å². The highest BCUT2D eigenvalue weighted by Crippen LogP contribution is 2.27. The maximum Gasteiger partial charge on any atom is 0.122 e. The molecule has 0 fully saturated rings. The second-order valence-electron chi connectivity index (χ2n) is 5.17. The van der Waals surface area contributed by atoms with Gasteiger partial charge < -0.3 is 14.9 Å². The van der Waals surface area contributed by atoms with E-state index in [9.17, 15) is 10.2 Å². The Morgan fingerprint density at radius 3 is 2.32 bits per heavy atom. The topological polar surface area (TPSA) is 52.9 Å². The first-order valence-corrected chi connectivity index (χ1v) is 6.62. The van der Waals surface area contributed by atoms with Crippen LogP contribution in [0.1, 0.15) is 30.9 Å². The van der Waals surface area contributed by atoms with Gasteiger partial charge in [-0.25, -0.2) is 0 Å². The Morgan fingerprint density at radius 2 is 1.84 bits per heavy atom. The van der Waals surface area contributed by atoms with Crippen LogP contribution < -0.4 is 4.74 Å². The first kappa shape index (κ1) is 16.0. The molecule has 0 aliphatic heterocycles. The molecule has 4 nitrogen and oxygen atoms in total. The molecule has 19 heavy (non-hydrogen) atoms. The van der Waals surface area contributed by atoms with E-state index in [1.54, 1.807) is 7.11 Å². The molecule has 0 aliphatic carbocycles. The van der Waals surface area contributed by atoms with Crippen LogP contribution in [-0.4, -0.2) is 48.5 Å². The summed E-state index contributed by atoms with van der Waals surface area (Å²) in [5.41, 5.74) is 2.33. The van der Waals surface area contributed by atoms with Gasteiger partial charge in [-0.15, -0.1) is 0 Å². The van der Waals surface area contributed by atoms with Crippen molar-refractivity contribution < 1.29 is 14.9 Å². The molecule has 0 heterocycles. The lowest BCUT2D eigenvalue weighted by molar-refractivity contribution is 0.0873. The predicted molar refractivity (Wildman–Crippen MR) is 76.5 cm³/mol. The highest BCUT2D eigenvalue weighted by Gasteiger charge is 2.14. The third kappa shape index (κ3) is 4.20. The summed E-state index contributed by atoms with van der Waals surface area (Å²) in [7, 11) is 3.58. The van der Waals surface area contributed by atoms with Crippen LogP contribution in [0.3, 0.4) is 0 Å². The molecule has 4 heteroatoms. The SMILES string of the molecule is COc1ccc(CN(C)C(CO)CO)cc1C(C)C. The second kappa shape index (κ2) is 7.48. The first-order valence-electron chi connectivity index (χ1n) is 6.62. The fourth-order valence-electron chi connectivity index (χ4n) is 2.09. The zero-order valence-electron chi connectivity index (χ0n) is 12.3. The molecule has 1 aromatic rings. The van der Waals surface area contributed by atoms with Crippen molar-refractivity contribution >= 4 is 0 Å². The largest absolute Gasteiger partial charge is 0.496 e. The number of ether oxygens (including phenoxy) is 1. The summed E-state index contributed by atoms with van der Waals surface area (Å²) in [4.78, 5) is 1.95. The Balaban J connectivity index is 2.87. The Labute approximate surface area is 115 Å². The average molecular weight is 267 g/mol. The fourth-order valence-corrected chi connectivity index (χ4v) is 2.09. The van der Waals surface area contributed by atoms with Crippen molar-refractivity contribution in [2.24, 2.45) is 0 Å². The van der Waals surface area contributed by atoms with Gasteiger partial charge in [0.1, 0.15) is 5.75 Å². The number of likely N-dealkylation sites (N-methyl/N-ethyl adjacent to an activating group) is 1. The number of hydrogen-bond donors (Lipinski definition) is 2. The summed E-state index contributed by atoms with van der Waals surface area (Å²) in [5.74, 6) is 1.30. The van der Waals surface area contributed by atoms with Gasteiger partial charge in [0.25, 0.3) is 0 Å². The van der Waals surface area contributed by atoms with Crippen LogP contribution in [-0.2, 0) is 6.54 Å². The van der Waals surface area contributed by atoms with E-state index in [-0.39, 0.29) is 19.3 Å². The number of rotatable bonds is 7. The van der Waals surface area contributed by atoms with Gasteiger partial charge in [-0.2, -0.15) is 0 Å². The van der Waals surface area contributed by atoms with E-state index >= 15 is 0 Å². The molecule has 2 N–H and O–H groups in total. The van der Waals surface area contributed by atoms with E-state index in [4.69, 9.17) is 4.74 Å². The summed E-state index contributed by atoms with van der Waals surface area (Å²) >= 11 is 0. The standard InChI is InChI=1S/C15H25NO3/c1-11(2)14-7-12(5-6-15(14)19-4)8-16(3)13(9-17)10-18/h5-7,11,13,17-18H,8-10H2,1-4H3. The molecular formula is C15H25NO3. The predicted octanol–water partition coefficient (Wildman–Crippen LogP) is 1.60. The van der Waals surface area contributed by atoms with Crippen LogP contribution in [0.5, 0.6) is 5.75 Å². The van der Waals surface area contributed by atoms with Crippen molar-refractivity contribution in [1.82, 2.24) is 4.90 Å². The summed E-state index contributed by atoms with van der Waals surface area (Å²) in [6.07, 6.45) is 0. The lowest BCUT2D eigenvalue weighted by Crippen LogP contribution is -2.37. The van der Waals surface area contributed by atoms with Crippen LogP contribution in [0, 0.1) is 0 Å². The Hall–Kier alpha value is -1.10. The van der Waals surface area contributed by atoms with E-state index in [1.165, 1.54) is 5.56 Å². The van der Waals surface area contributed by atoms with E-state index in [0.29, 0.717) is 12.5 Å². The van der Waals surface area contributed by atoms with E-state index in [2.05, 4.69) is 19.9 Å². The molecule has 0 radical (unpaired) electrons. The van der Waals surface area contributed by atoms with Crippen LogP contribution in [0.25, 0.3) is 0 Å². The smallest absolute Gasteiger partial charge is 0.122 e. The number of benzene rings is 1. The number of aliphatic hydroxyl groups is 2. The van der Waals surface area contributed by atoms with E-state index in [1.807, 2.05) is 24.1 Å².